The number of nitrogens with one attached hydrogen (secondary N) is 1. The van der Waals surface area contributed by atoms with Crippen molar-refractivity contribution in [1.29, 1.82) is 0 Å². The molecule has 0 fully saturated rings. The highest BCUT2D eigenvalue weighted by Gasteiger charge is 2.06. The Kier molecular flexibility index (Phi) is 6.56. The Morgan fingerprint density at radius 2 is 1.96 bits per heavy atom. The zero-order valence-electron chi connectivity index (χ0n) is 12.6. The summed E-state index contributed by atoms with van der Waals surface area (Å²) in [5, 5.41) is 3.61. The summed E-state index contributed by atoms with van der Waals surface area (Å²) in [6.45, 7) is 2.63. The first-order valence-corrected chi connectivity index (χ1v) is 7.84. The third-order valence-corrected chi connectivity index (χ3v) is 3.48. The third-order valence-electron chi connectivity index (χ3n) is 2.93. The number of carbonyl (C=O) groups is 1. The largest absolute Gasteiger partial charge is 0.492 e. The van der Waals surface area contributed by atoms with Crippen LogP contribution in [0.25, 0.3) is 0 Å². The molecule has 0 heterocycles. The van der Waals surface area contributed by atoms with E-state index in [0.29, 0.717) is 28.9 Å². The lowest BCUT2D eigenvalue weighted by atomic mass is 10.2. The summed E-state index contributed by atoms with van der Waals surface area (Å²) in [5.74, 6) is 0.903. The maximum Gasteiger partial charge on any atom is 0.258 e. The van der Waals surface area contributed by atoms with Crippen molar-refractivity contribution < 1.29 is 14.3 Å². The molecule has 0 spiro atoms. The molecule has 1 N–H and O–H groups in total. The van der Waals surface area contributed by atoms with Crippen molar-refractivity contribution in [3.63, 3.8) is 0 Å². The summed E-state index contributed by atoms with van der Waals surface area (Å²) >= 11 is 11.8. The zero-order valence-corrected chi connectivity index (χ0v) is 14.2. The molecule has 0 atom stereocenters. The Bertz CT molecular complexity index is 677. The first kappa shape index (κ1) is 17.4. The van der Waals surface area contributed by atoms with Crippen molar-refractivity contribution in [2.24, 2.45) is 0 Å². The zero-order chi connectivity index (χ0) is 16.7. The summed E-state index contributed by atoms with van der Waals surface area (Å²) in [4.78, 5) is 11.7. The molecule has 0 unspecified atom stereocenters. The summed E-state index contributed by atoms with van der Waals surface area (Å²) < 4.78 is 10.9. The molecule has 2 aromatic carbocycles. The van der Waals surface area contributed by atoms with Gasteiger partial charge in [0, 0.05) is 11.1 Å². The van der Waals surface area contributed by atoms with E-state index in [1.54, 1.807) is 18.2 Å². The fraction of sp³-hybridized carbons (Fsp3) is 0.235. The number of halogens is 2. The normalized spacial score (nSPS) is 10.2. The number of rotatable bonds is 7. The van der Waals surface area contributed by atoms with E-state index in [4.69, 9.17) is 32.7 Å². The van der Waals surface area contributed by atoms with E-state index >= 15 is 0 Å². The fourth-order valence-corrected chi connectivity index (χ4v) is 2.18. The van der Waals surface area contributed by atoms with Gasteiger partial charge in [0.1, 0.15) is 18.1 Å². The molecule has 0 aliphatic rings. The van der Waals surface area contributed by atoms with Gasteiger partial charge in [-0.15, -0.1) is 0 Å². The van der Waals surface area contributed by atoms with Crippen molar-refractivity contribution in [1.82, 2.24) is 5.32 Å². The van der Waals surface area contributed by atoms with Gasteiger partial charge in [0.25, 0.3) is 5.91 Å². The summed E-state index contributed by atoms with van der Waals surface area (Å²) in [7, 11) is 0. The van der Waals surface area contributed by atoms with Gasteiger partial charge < -0.3 is 14.8 Å². The van der Waals surface area contributed by atoms with E-state index in [2.05, 4.69) is 5.32 Å². The van der Waals surface area contributed by atoms with Crippen LogP contribution >= 0.6 is 23.2 Å². The first-order chi connectivity index (χ1) is 11.0. The van der Waals surface area contributed by atoms with Crippen LogP contribution in [0.15, 0.2) is 42.5 Å². The van der Waals surface area contributed by atoms with E-state index in [-0.39, 0.29) is 12.5 Å². The number of amides is 1. The van der Waals surface area contributed by atoms with Gasteiger partial charge in [0.05, 0.1) is 11.6 Å². The number of benzene rings is 2. The Morgan fingerprint density at radius 3 is 2.74 bits per heavy atom. The molecular formula is C17H17Cl2NO3. The average molecular weight is 354 g/mol. The van der Waals surface area contributed by atoms with E-state index in [1.807, 2.05) is 31.2 Å². The minimum Gasteiger partial charge on any atom is -0.492 e. The fourth-order valence-electron chi connectivity index (χ4n) is 1.85. The molecule has 0 aliphatic heterocycles. The average Bonchev–Trinajstić information content (AvgIpc) is 2.52. The molecule has 2 aromatic rings. The highest BCUT2D eigenvalue weighted by Crippen LogP contribution is 2.27. The highest BCUT2D eigenvalue weighted by atomic mass is 35.5. The molecule has 23 heavy (non-hydrogen) atoms. The predicted octanol–water partition coefficient (Wildman–Crippen LogP) is 3.88. The van der Waals surface area contributed by atoms with Crippen LogP contribution in [0, 0.1) is 6.92 Å². The molecule has 0 saturated heterocycles. The van der Waals surface area contributed by atoms with Gasteiger partial charge in [-0.05, 0) is 36.8 Å². The number of carbonyl (C=O) groups excluding carboxylic acids is 1. The SMILES string of the molecule is Cc1cccc(OCCNC(=O)COc2cc(Cl)ccc2Cl)c1. The summed E-state index contributed by atoms with van der Waals surface area (Å²) in [5.41, 5.74) is 1.12. The highest BCUT2D eigenvalue weighted by molar-refractivity contribution is 6.34. The van der Waals surface area contributed by atoms with Crippen molar-refractivity contribution >= 4 is 29.1 Å². The molecule has 0 saturated carbocycles. The van der Waals surface area contributed by atoms with Crippen LogP contribution in [0.5, 0.6) is 11.5 Å². The van der Waals surface area contributed by atoms with Crippen LogP contribution in [0.1, 0.15) is 5.56 Å². The molecule has 122 valence electrons. The number of hydrogen-bond acceptors (Lipinski definition) is 3. The lowest BCUT2D eigenvalue weighted by Crippen LogP contribution is -2.32. The molecule has 2 rings (SSSR count). The third kappa shape index (κ3) is 6.00. The minimum atomic E-state index is -0.256. The van der Waals surface area contributed by atoms with Crippen molar-refractivity contribution in [3.05, 3.63) is 58.1 Å². The quantitative estimate of drug-likeness (QED) is 0.768. The number of ether oxygens (including phenoxy) is 2. The van der Waals surface area contributed by atoms with Crippen LogP contribution in [0.3, 0.4) is 0 Å². The van der Waals surface area contributed by atoms with Crippen molar-refractivity contribution in [2.75, 3.05) is 19.8 Å². The van der Waals surface area contributed by atoms with Gasteiger partial charge in [-0.1, -0.05) is 35.3 Å². The Balaban J connectivity index is 1.68. The van der Waals surface area contributed by atoms with Gasteiger partial charge in [0.2, 0.25) is 0 Å². The van der Waals surface area contributed by atoms with E-state index < -0.39 is 0 Å². The van der Waals surface area contributed by atoms with Crippen molar-refractivity contribution in [3.8, 4) is 11.5 Å². The lowest BCUT2D eigenvalue weighted by molar-refractivity contribution is -0.123. The van der Waals surface area contributed by atoms with Gasteiger partial charge in [0.15, 0.2) is 6.61 Å². The number of hydrogen-bond donors (Lipinski definition) is 1. The predicted molar refractivity (Wildman–Crippen MR) is 91.6 cm³/mol. The second kappa shape index (κ2) is 8.65. The van der Waals surface area contributed by atoms with Crippen LogP contribution in [-0.2, 0) is 4.79 Å². The summed E-state index contributed by atoms with van der Waals surface area (Å²) in [6, 6.07) is 12.6. The van der Waals surface area contributed by atoms with E-state index in [9.17, 15) is 4.79 Å². The maximum atomic E-state index is 11.7. The molecule has 0 bridgehead atoms. The van der Waals surface area contributed by atoms with Crippen LogP contribution in [0.4, 0.5) is 0 Å². The monoisotopic (exact) mass is 353 g/mol. The maximum absolute atomic E-state index is 11.7. The molecule has 0 aromatic heterocycles. The van der Waals surface area contributed by atoms with Crippen LogP contribution in [-0.4, -0.2) is 25.7 Å². The molecule has 0 radical (unpaired) electrons. The van der Waals surface area contributed by atoms with Crippen LogP contribution in [0.2, 0.25) is 10.0 Å². The van der Waals surface area contributed by atoms with Gasteiger partial charge in [-0.25, -0.2) is 0 Å². The van der Waals surface area contributed by atoms with Crippen LogP contribution < -0.4 is 14.8 Å². The molecule has 1 amide bonds. The van der Waals surface area contributed by atoms with Crippen molar-refractivity contribution in [2.45, 2.75) is 6.92 Å². The van der Waals surface area contributed by atoms with Gasteiger partial charge in [-0.2, -0.15) is 0 Å². The number of aryl methyl sites for hydroxylation is 1. The topological polar surface area (TPSA) is 47.6 Å². The molecule has 0 aliphatic carbocycles. The van der Waals surface area contributed by atoms with Gasteiger partial charge >= 0.3 is 0 Å². The molecule has 6 heteroatoms. The van der Waals surface area contributed by atoms with E-state index in [0.717, 1.165) is 11.3 Å². The second-order valence-corrected chi connectivity index (χ2v) is 5.72. The van der Waals surface area contributed by atoms with Gasteiger partial charge in [-0.3, -0.25) is 4.79 Å². The standard InChI is InChI=1S/C17H17Cl2NO3/c1-12-3-2-4-14(9-12)22-8-7-20-17(21)11-23-16-10-13(18)5-6-15(16)19/h2-6,9-10H,7-8,11H2,1H3,(H,20,21). The Morgan fingerprint density at radius 1 is 1.13 bits per heavy atom. The molecule has 4 nitrogen and oxygen atoms in total. The second-order valence-electron chi connectivity index (χ2n) is 4.88. The Hall–Kier alpha value is -1.91. The molecular weight excluding hydrogens is 337 g/mol. The smallest absolute Gasteiger partial charge is 0.258 e. The first-order valence-electron chi connectivity index (χ1n) is 7.08. The minimum absolute atomic E-state index is 0.134. The van der Waals surface area contributed by atoms with E-state index in [1.165, 1.54) is 0 Å². The Labute approximate surface area is 145 Å². The summed E-state index contributed by atoms with van der Waals surface area (Å²) in [6.07, 6.45) is 0. The lowest BCUT2D eigenvalue weighted by Gasteiger charge is -2.10.